The first kappa shape index (κ1) is 26.3. The van der Waals surface area contributed by atoms with Crippen molar-refractivity contribution >= 4 is 29.3 Å². The quantitative estimate of drug-likeness (QED) is 0.339. The number of carbonyl (C=O) groups excluding carboxylic acids is 1. The topological polar surface area (TPSA) is 45.7 Å². The maximum absolute atomic E-state index is 13.5. The van der Waals surface area contributed by atoms with Crippen molar-refractivity contribution in [3.8, 4) is 5.75 Å². The van der Waals surface area contributed by atoms with Gasteiger partial charge >= 0.3 is 6.36 Å². The Morgan fingerprint density at radius 2 is 1.84 bits per heavy atom. The SMILES string of the molecule is Cc1ccc2c(c1)C1(CCN(C/C=C/c3ccc(OC(F)(F)F)cc3)CC1)CN2C(=O)c1ccnc(Cl)c1. The number of aromatic nitrogens is 1. The van der Waals surface area contributed by atoms with Gasteiger partial charge in [-0.1, -0.05) is 53.6 Å². The smallest absolute Gasteiger partial charge is 0.406 e. The van der Waals surface area contributed by atoms with Crippen LogP contribution in [-0.2, 0) is 5.41 Å². The van der Waals surface area contributed by atoms with Crippen molar-refractivity contribution < 1.29 is 22.7 Å². The molecule has 0 bridgehead atoms. The van der Waals surface area contributed by atoms with Gasteiger partial charge in [0.05, 0.1) is 0 Å². The average molecular weight is 542 g/mol. The first-order valence-corrected chi connectivity index (χ1v) is 12.8. The van der Waals surface area contributed by atoms with Crippen molar-refractivity contribution in [1.29, 1.82) is 0 Å². The Morgan fingerprint density at radius 1 is 1.11 bits per heavy atom. The molecule has 1 saturated heterocycles. The number of halogens is 4. The number of hydrogen-bond donors (Lipinski definition) is 0. The number of nitrogens with zero attached hydrogens (tertiary/aromatic N) is 3. The molecule has 9 heteroatoms. The zero-order chi connectivity index (χ0) is 26.9. The Kier molecular flexibility index (Phi) is 7.20. The fourth-order valence-corrected chi connectivity index (χ4v) is 5.54. The molecule has 1 fully saturated rings. The first-order valence-electron chi connectivity index (χ1n) is 12.4. The molecule has 0 unspecified atom stereocenters. The fourth-order valence-electron chi connectivity index (χ4n) is 5.37. The standard InChI is InChI=1S/C29H27ClF3N3O2/c1-20-4-9-25-24(17-20)28(19-36(25)27(37)22-10-13-34-26(30)18-22)11-15-35(16-12-28)14-2-3-21-5-7-23(8-6-21)38-29(31,32)33/h2-10,13,17-18H,11-12,14-16,19H2,1H3/b3-2+. The minimum Gasteiger partial charge on any atom is -0.406 e. The molecule has 1 spiro atoms. The monoisotopic (exact) mass is 541 g/mol. The number of amides is 1. The van der Waals surface area contributed by atoms with Crippen LogP contribution in [0.4, 0.5) is 18.9 Å². The van der Waals surface area contributed by atoms with Gasteiger partial charge in [0, 0.05) is 36.0 Å². The van der Waals surface area contributed by atoms with Crippen LogP contribution in [0.25, 0.3) is 6.08 Å². The van der Waals surface area contributed by atoms with Crippen molar-refractivity contribution in [2.24, 2.45) is 0 Å². The number of ether oxygens (including phenoxy) is 1. The zero-order valence-corrected chi connectivity index (χ0v) is 21.6. The summed E-state index contributed by atoms with van der Waals surface area (Å²) in [5.41, 5.74) is 4.57. The summed E-state index contributed by atoms with van der Waals surface area (Å²) in [7, 11) is 0. The molecule has 1 aromatic heterocycles. The van der Waals surface area contributed by atoms with E-state index in [1.807, 2.05) is 29.2 Å². The van der Waals surface area contributed by atoms with Crippen molar-refractivity contribution in [2.75, 3.05) is 31.1 Å². The number of rotatable bonds is 5. The molecular weight excluding hydrogens is 515 g/mol. The number of likely N-dealkylation sites (tertiary alicyclic amines) is 1. The molecule has 0 atom stereocenters. The Hall–Kier alpha value is -3.36. The van der Waals surface area contributed by atoms with E-state index in [9.17, 15) is 18.0 Å². The van der Waals surface area contributed by atoms with Gasteiger partial charge in [0.25, 0.3) is 5.91 Å². The van der Waals surface area contributed by atoms with Crippen molar-refractivity contribution in [3.63, 3.8) is 0 Å². The number of anilines is 1. The molecule has 0 N–H and O–H groups in total. The Bertz CT molecular complexity index is 1350. The summed E-state index contributed by atoms with van der Waals surface area (Å²) in [5.74, 6) is -0.309. The first-order chi connectivity index (χ1) is 18.1. The molecule has 5 rings (SSSR count). The third-order valence-corrected chi connectivity index (χ3v) is 7.50. The Labute approximate surface area is 224 Å². The van der Waals surface area contributed by atoms with Crippen LogP contribution < -0.4 is 9.64 Å². The van der Waals surface area contributed by atoms with Gasteiger partial charge in [0.2, 0.25) is 0 Å². The maximum atomic E-state index is 13.5. The molecule has 198 valence electrons. The number of fused-ring (bicyclic) bond motifs is 2. The molecule has 0 aliphatic carbocycles. The number of carbonyl (C=O) groups is 1. The summed E-state index contributed by atoms with van der Waals surface area (Å²) in [6, 6.07) is 15.4. The second kappa shape index (κ2) is 10.4. The van der Waals surface area contributed by atoms with Crippen LogP contribution in [0.2, 0.25) is 5.15 Å². The summed E-state index contributed by atoms with van der Waals surface area (Å²) in [6.07, 6.45) is 2.61. The van der Waals surface area contributed by atoms with E-state index >= 15 is 0 Å². The van der Waals surface area contributed by atoms with Crippen LogP contribution >= 0.6 is 11.6 Å². The minimum absolute atomic E-state index is 0.0757. The predicted octanol–water partition coefficient (Wildman–Crippen LogP) is 6.65. The van der Waals surface area contributed by atoms with Gasteiger partial charge in [-0.3, -0.25) is 9.69 Å². The van der Waals surface area contributed by atoms with E-state index in [0.717, 1.165) is 43.7 Å². The number of alkyl halides is 3. The van der Waals surface area contributed by atoms with Crippen molar-refractivity contribution in [2.45, 2.75) is 31.5 Å². The lowest BCUT2D eigenvalue weighted by Crippen LogP contribution is -2.46. The predicted molar refractivity (Wildman–Crippen MR) is 142 cm³/mol. The van der Waals surface area contributed by atoms with Gasteiger partial charge in [-0.2, -0.15) is 0 Å². The lowest BCUT2D eigenvalue weighted by molar-refractivity contribution is -0.274. The van der Waals surface area contributed by atoms with E-state index in [4.69, 9.17) is 11.6 Å². The second-order valence-corrected chi connectivity index (χ2v) is 10.3. The fraction of sp³-hybridized carbons (Fsp3) is 0.310. The van der Waals surface area contributed by atoms with Crippen molar-refractivity contribution in [1.82, 2.24) is 9.88 Å². The maximum Gasteiger partial charge on any atom is 0.573 e. The highest BCUT2D eigenvalue weighted by Crippen LogP contribution is 2.47. The average Bonchev–Trinajstić information content (AvgIpc) is 3.18. The number of aryl methyl sites for hydroxylation is 1. The second-order valence-electron chi connectivity index (χ2n) is 9.88. The number of pyridine rings is 1. The molecule has 0 saturated carbocycles. The van der Waals surface area contributed by atoms with E-state index in [1.165, 1.54) is 23.3 Å². The highest BCUT2D eigenvalue weighted by Gasteiger charge is 2.46. The molecule has 3 heterocycles. The number of hydrogen-bond acceptors (Lipinski definition) is 4. The molecule has 0 radical (unpaired) electrons. The third kappa shape index (κ3) is 5.71. The van der Waals surface area contributed by atoms with Crippen LogP contribution in [0.1, 0.15) is 39.9 Å². The van der Waals surface area contributed by atoms with E-state index < -0.39 is 6.36 Å². The Morgan fingerprint density at radius 3 is 2.53 bits per heavy atom. The van der Waals surface area contributed by atoms with Gasteiger partial charge in [-0.15, -0.1) is 13.2 Å². The van der Waals surface area contributed by atoms with E-state index in [0.29, 0.717) is 17.3 Å². The molecule has 1 amide bonds. The normalized spacial score (nSPS) is 17.2. The summed E-state index contributed by atoms with van der Waals surface area (Å²) in [6.45, 7) is 5.18. The van der Waals surface area contributed by atoms with E-state index in [1.54, 1.807) is 30.5 Å². The highest BCUT2D eigenvalue weighted by atomic mass is 35.5. The molecule has 2 aliphatic heterocycles. The molecular formula is C29H27ClF3N3O2. The molecule has 2 aliphatic rings. The van der Waals surface area contributed by atoms with Gasteiger partial charge in [0.1, 0.15) is 10.9 Å². The van der Waals surface area contributed by atoms with E-state index in [2.05, 4.69) is 27.6 Å². The third-order valence-electron chi connectivity index (χ3n) is 7.29. The van der Waals surface area contributed by atoms with Crippen LogP contribution in [0, 0.1) is 6.92 Å². The van der Waals surface area contributed by atoms with Crippen LogP contribution in [0.15, 0.2) is 66.9 Å². The molecule has 2 aromatic carbocycles. The summed E-state index contributed by atoms with van der Waals surface area (Å²) >= 11 is 6.05. The van der Waals surface area contributed by atoms with Gasteiger partial charge < -0.3 is 9.64 Å². The lowest BCUT2D eigenvalue weighted by atomic mass is 9.74. The minimum atomic E-state index is -4.70. The largest absolute Gasteiger partial charge is 0.573 e. The zero-order valence-electron chi connectivity index (χ0n) is 20.8. The van der Waals surface area contributed by atoms with Gasteiger partial charge in [-0.05, 0) is 74.3 Å². The Balaban J connectivity index is 1.24. The highest BCUT2D eigenvalue weighted by molar-refractivity contribution is 6.29. The number of piperidine rings is 1. The number of benzene rings is 2. The molecule has 38 heavy (non-hydrogen) atoms. The summed E-state index contributed by atoms with van der Waals surface area (Å²) < 4.78 is 41.0. The molecule has 5 nitrogen and oxygen atoms in total. The molecule has 3 aromatic rings. The van der Waals surface area contributed by atoms with Crippen molar-refractivity contribution in [3.05, 3.63) is 94.3 Å². The van der Waals surface area contributed by atoms with Gasteiger partial charge in [-0.25, -0.2) is 4.98 Å². The van der Waals surface area contributed by atoms with Crippen LogP contribution in [0.5, 0.6) is 5.75 Å². The summed E-state index contributed by atoms with van der Waals surface area (Å²) in [4.78, 5) is 21.7. The van der Waals surface area contributed by atoms with Crippen LogP contribution in [0.3, 0.4) is 0 Å². The lowest BCUT2D eigenvalue weighted by Gasteiger charge is -2.39. The summed E-state index contributed by atoms with van der Waals surface area (Å²) in [5, 5.41) is 0.292. The van der Waals surface area contributed by atoms with E-state index in [-0.39, 0.29) is 17.1 Å². The van der Waals surface area contributed by atoms with Gasteiger partial charge in [0.15, 0.2) is 0 Å². The van der Waals surface area contributed by atoms with Crippen LogP contribution in [-0.4, -0.2) is 48.3 Å².